The lowest BCUT2D eigenvalue weighted by molar-refractivity contribution is -0.140. The summed E-state index contributed by atoms with van der Waals surface area (Å²) in [5.41, 5.74) is -0.903. The molecule has 0 aliphatic heterocycles. The molecule has 0 rings (SSSR count). The number of rotatable bonds is 10. The molecule has 0 saturated heterocycles. The van der Waals surface area contributed by atoms with Crippen LogP contribution in [0.25, 0.3) is 0 Å². The highest BCUT2D eigenvalue weighted by Crippen LogP contribution is 2.53. The number of esters is 2. The van der Waals surface area contributed by atoms with E-state index in [-0.39, 0.29) is 33.0 Å². The third kappa shape index (κ3) is 5.64. The molecule has 0 atom stereocenters. The third-order valence-electron chi connectivity index (χ3n) is 2.36. The van der Waals surface area contributed by atoms with Crippen molar-refractivity contribution in [3.63, 3.8) is 0 Å². The van der Waals surface area contributed by atoms with Crippen molar-refractivity contribution in [2.24, 2.45) is 0 Å². The van der Waals surface area contributed by atoms with Crippen LogP contribution in [-0.4, -0.2) is 56.0 Å². The van der Waals surface area contributed by atoms with E-state index in [2.05, 4.69) is 0 Å². The zero-order valence-corrected chi connectivity index (χ0v) is 15.1. The highest BCUT2D eigenvalue weighted by atomic mass is 31.2. The summed E-state index contributed by atoms with van der Waals surface area (Å²) in [6.45, 7) is 8.12. The Kier molecular flexibility index (Phi) is 10.5. The minimum absolute atomic E-state index is 0.0167. The van der Waals surface area contributed by atoms with Crippen molar-refractivity contribution >= 4 is 30.3 Å². The Morgan fingerprint density at radius 1 is 0.652 bits per heavy atom. The van der Waals surface area contributed by atoms with E-state index in [0.29, 0.717) is 0 Å². The Morgan fingerprint density at radius 2 is 1.04 bits per heavy atom. The minimum Gasteiger partial charge on any atom is -0.462 e. The molecule has 0 saturated carbocycles. The van der Waals surface area contributed by atoms with E-state index in [0.717, 1.165) is 0 Å². The molecule has 0 spiro atoms. The minimum atomic E-state index is -3.78. The molecule has 0 fully saturated rings. The van der Waals surface area contributed by atoms with Crippen molar-refractivity contribution in [2.45, 2.75) is 34.6 Å². The summed E-state index contributed by atoms with van der Waals surface area (Å²) in [6.07, 6.45) is 0. The van der Waals surface area contributed by atoms with Gasteiger partial charge in [0.1, 0.15) is 0 Å². The van der Waals surface area contributed by atoms with Crippen LogP contribution in [0.3, 0.4) is 0 Å². The van der Waals surface area contributed by atoms with Crippen LogP contribution in [0.4, 0.5) is 4.79 Å². The van der Waals surface area contributed by atoms with Crippen LogP contribution in [0.2, 0.25) is 0 Å². The molecule has 0 aromatic heterocycles. The van der Waals surface area contributed by atoms with Gasteiger partial charge in [-0.3, -0.25) is 0 Å². The highest BCUT2D eigenvalue weighted by Gasteiger charge is 2.44. The number of ether oxygens (including phenoxy) is 3. The lowest BCUT2D eigenvalue weighted by Crippen LogP contribution is -2.33. The molecule has 0 aromatic carbocycles. The Balaban J connectivity index is 6.45. The largest absolute Gasteiger partial charge is 0.462 e. The molecular weight excluding hydrogens is 327 g/mol. The van der Waals surface area contributed by atoms with Gasteiger partial charge in [-0.1, -0.05) is 0 Å². The first-order valence-electron chi connectivity index (χ1n) is 7.52. The number of carbonyl (C=O) groups is 3. The maximum atomic E-state index is 12.4. The fourth-order valence-corrected chi connectivity index (χ4v) is 4.02. The van der Waals surface area contributed by atoms with Crippen LogP contribution in [0, 0.1) is 0 Å². The van der Waals surface area contributed by atoms with Gasteiger partial charge in [-0.2, -0.15) is 0 Å². The summed E-state index contributed by atoms with van der Waals surface area (Å²) < 4.78 is 25.7. The molecule has 0 aromatic rings. The number of hydrogen-bond acceptors (Lipinski definition) is 8. The highest BCUT2D eigenvalue weighted by molar-refractivity contribution is 7.85. The first-order valence-corrected chi connectivity index (χ1v) is 9.14. The van der Waals surface area contributed by atoms with Crippen molar-refractivity contribution in [3.05, 3.63) is 0 Å². The SMILES string of the molecule is CCOC(=O)C(C(=O)OCC)=P(OCC)(OCC)C(=O)OCC. The molecule has 23 heavy (non-hydrogen) atoms. The van der Waals surface area contributed by atoms with E-state index in [1.807, 2.05) is 0 Å². The molecule has 0 N–H and O–H groups in total. The summed E-state index contributed by atoms with van der Waals surface area (Å²) >= 11 is 0. The van der Waals surface area contributed by atoms with Crippen LogP contribution < -0.4 is 0 Å². The van der Waals surface area contributed by atoms with Gasteiger partial charge in [0.05, 0.1) is 33.0 Å². The summed E-state index contributed by atoms with van der Waals surface area (Å²) in [4.78, 5) is 37.0. The molecule has 0 radical (unpaired) electrons. The van der Waals surface area contributed by atoms with Crippen LogP contribution in [0.5, 0.6) is 0 Å². The van der Waals surface area contributed by atoms with Crippen molar-refractivity contribution in [1.82, 2.24) is 0 Å². The van der Waals surface area contributed by atoms with E-state index in [1.54, 1.807) is 34.6 Å². The van der Waals surface area contributed by atoms with E-state index in [1.165, 1.54) is 0 Å². The van der Waals surface area contributed by atoms with Gasteiger partial charge in [0, 0.05) is 0 Å². The molecule has 0 unspecified atom stereocenters. The molecular formula is C14H25O8P. The van der Waals surface area contributed by atoms with Crippen molar-refractivity contribution < 1.29 is 37.6 Å². The van der Waals surface area contributed by atoms with Gasteiger partial charge >= 0.3 is 17.6 Å². The average molecular weight is 352 g/mol. The lowest BCUT2D eigenvalue weighted by Gasteiger charge is -2.25. The predicted molar refractivity (Wildman–Crippen MR) is 85.5 cm³/mol. The molecule has 0 aliphatic rings. The topological polar surface area (TPSA) is 97.4 Å². The Labute approximate surface area is 136 Å². The summed E-state index contributed by atoms with van der Waals surface area (Å²) in [6, 6.07) is 0. The molecule has 0 bridgehead atoms. The van der Waals surface area contributed by atoms with E-state index >= 15 is 0 Å². The van der Waals surface area contributed by atoms with Gasteiger partial charge in [-0.15, -0.1) is 0 Å². The van der Waals surface area contributed by atoms with E-state index < -0.39 is 30.3 Å². The Morgan fingerprint density at radius 3 is 1.35 bits per heavy atom. The molecule has 134 valence electrons. The second-order valence-electron chi connectivity index (χ2n) is 3.88. The average Bonchev–Trinajstić information content (AvgIpc) is 2.48. The fourth-order valence-electron chi connectivity index (χ4n) is 1.66. The lowest BCUT2D eigenvalue weighted by atomic mass is 10.4. The molecule has 0 heterocycles. The second kappa shape index (κ2) is 11.2. The molecule has 9 heteroatoms. The van der Waals surface area contributed by atoms with Crippen LogP contribution in [-0.2, 0) is 32.8 Å². The zero-order chi connectivity index (χ0) is 17.9. The molecule has 0 amide bonds. The van der Waals surface area contributed by atoms with E-state index in [4.69, 9.17) is 23.3 Å². The predicted octanol–water partition coefficient (Wildman–Crippen LogP) is 2.36. The summed E-state index contributed by atoms with van der Waals surface area (Å²) in [5.74, 6) is -2.01. The van der Waals surface area contributed by atoms with Crippen molar-refractivity contribution in [3.8, 4) is 0 Å². The van der Waals surface area contributed by atoms with Crippen molar-refractivity contribution in [2.75, 3.05) is 33.0 Å². The van der Waals surface area contributed by atoms with Gasteiger partial charge in [-0.05, 0) is 34.6 Å². The Bertz CT molecular complexity index is 441. The quantitative estimate of drug-likeness (QED) is 0.256. The Hall–Kier alpha value is -1.37. The molecule has 0 aliphatic carbocycles. The third-order valence-corrected chi connectivity index (χ3v) is 5.17. The first kappa shape index (κ1) is 21.6. The van der Waals surface area contributed by atoms with Crippen molar-refractivity contribution in [1.29, 1.82) is 0 Å². The van der Waals surface area contributed by atoms with Crippen LogP contribution in [0.15, 0.2) is 0 Å². The first-order chi connectivity index (χ1) is 10.9. The van der Waals surface area contributed by atoms with Gasteiger partial charge in [-0.25, -0.2) is 14.4 Å². The fraction of sp³-hybridized carbons (Fsp3) is 0.714. The van der Waals surface area contributed by atoms with Gasteiger partial charge in [0.15, 0.2) is 0 Å². The number of hydrogen-bond donors (Lipinski definition) is 0. The van der Waals surface area contributed by atoms with Gasteiger partial charge in [0.25, 0.3) is 7.34 Å². The van der Waals surface area contributed by atoms with Gasteiger partial charge < -0.3 is 23.3 Å². The maximum Gasteiger partial charge on any atom is 0.380 e. The normalized spacial score (nSPS) is 10.8. The van der Waals surface area contributed by atoms with Gasteiger partial charge in [0.2, 0.25) is 5.29 Å². The zero-order valence-electron chi connectivity index (χ0n) is 14.2. The monoisotopic (exact) mass is 352 g/mol. The van der Waals surface area contributed by atoms with Crippen LogP contribution in [0.1, 0.15) is 34.6 Å². The number of carbonyl (C=O) groups excluding carboxylic acids is 3. The van der Waals surface area contributed by atoms with E-state index in [9.17, 15) is 14.4 Å². The summed E-state index contributed by atoms with van der Waals surface area (Å²) in [7, 11) is -3.78. The maximum absolute atomic E-state index is 12.4. The standard InChI is InChI=1S/C14H25O8P/c1-6-18-12(15)11(13(16)19-7-2)23(21-9-4,22-10-5)14(17)20-8-3/h6-10H2,1-5H3. The smallest absolute Gasteiger partial charge is 0.380 e. The second-order valence-corrected chi connectivity index (χ2v) is 6.31. The summed E-state index contributed by atoms with van der Waals surface area (Å²) in [5, 5.41) is -0.580. The van der Waals surface area contributed by atoms with Crippen LogP contribution >= 0.6 is 7.34 Å². The molecule has 8 nitrogen and oxygen atoms in total.